The molecule has 4 N–H and O–H groups in total. The number of hydrogen-bond acceptors (Lipinski definition) is 6. The number of unbranched alkanes of at least 4 members (excludes halogenated alkanes) is 48. The van der Waals surface area contributed by atoms with E-state index in [-0.39, 0.29) is 12.5 Å². The van der Waals surface area contributed by atoms with E-state index in [1.807, 2.05) is 21.1 Å². The fourth-order valence-corrected chi connectivity index (χ4v) is 11.5. The Morgan fingerprint density at radius 1 is 0.442 bits per heavy atom. The van der Waals surface area contributed by atoms with Crippen molar-refractivity contribution in [1.82, 2.24) is 5.32 Å². The number of carbonyl (C=O) groups excluding carboxylic acids is 1. The third kappa shape index (κ3) is 59.6. The summed E-state index contributed by atoms with van der Waals surface area (Å²) in [5.41, 5.74) is 0. The van der Waals surface area contributed by atoms with Crippen molar-refractivity contribution in [2.75, 3.05) is 40.9 Å². The summed E-state index contributed by atoms with van der Waals surface area (Å²) >= 11 is 0. The van der Waals surface area contributed by atoms with Crippen LogP contribution in [-0.2, 0) is 18.4 Å². The van der Waals surface area contributed by atoms with Crippen LogP contribution >= 0.6 is 7.82 Å². The van der Waals surface area contributed by atoms with Crippen LogP contribution in [0.2, 0.25) is 0 Å². The minimum absolute atomic E-state index is 0.0254. The van der Waals surface area contributed by atoms with Gasteiger partial charge in [-0.3, -0.25) is 13.8 Å². The second-order valence-electron chi connectivity index (χ2n) is 25.0. The van der Waals surface area contributed by atoms with E-state index < -0.39 is 32.7 Å². The molecule has 460 valence electrons. The topological polar surface area (TPSA) is 125 Å². The van der Waals surface area contributed by atoms with Gasteiger partial charge in [0.2, 0.25) is 5.91 Å². The number of aliphatic hydroxyl groups is 2. The average Bonchev–Trinajstić information content (AvgIpc) is 3.39. The summed E-state index contributed by atoms with van der Waals surface area (Å²) in [5.74, 6) is -0.250. The highest BCUT2D eigenvalue weighted by atomic mass is 31.2. The van der Waals surface area contributed by atoms with Gasteiger partial charge in [0.15, 0.2) is 0 Å². The number of allylic oxidation sites excluding steroid dienone is 2. The van der Waals surface area contributed by atoms with E-state index in [1.54, 1.807) is 0 Å². The lowest BCUT2D eigenvalue weighted by atomic mass is 9.99. The Bertz CT molecular complexity index is 1280. The van der Waals surface area contributed by atoms with E-state index in [2.05, 4.69) is 31.3 Å². The number of nitrogens with zero attached hydrogens (tertiary/aromatic N) is 1. The lowest BCUT2D eigenvalue weighted by molar-refractivity contribution is -0.870. The van der Waals surface area contributed by atoms with Gasteiger partial charge in [0.05, 0.1) is 39.9 Å². The van der Waals surface area contributed by atoms with Gasteiger partial charge in [0.1, 0.15) is 19.3 Å². The molecule has 0 aromatic carbocycles. The highest BCUT2D eigenvalue weighted by molar-refractivity contribution is 7.47. The van der Waals surface area contributed by atoms with Crippen molar-refractivity contribution in [2.24, 2.45) is 0 Å². The molecule has 0 heterocycles. The fraction of sp³-hybridized carbons (Fsp3) is 0.955. The maximum absolute atomic E-state index is 13.0. The second kappa shape index (κ2) is 58.4. The smallest absolute Gasteiger partial charge is 0.390 e. The van der Waals surface area contributed by atoms with Gasteiger partial charge in [-0.15, -0.1) is 0 Å². The van der Waals surface area contributed by atoms with Crippen molar-refractivity contribution >= 4 is 13.7 Å². The minimum Gasteiger partial charge on any atom is -0.390 e. The maximum atomic E-state index is 13.0. The van der Waals surface area contributed by atoms with Gasteiger partial charge in [0, 0.05) is 6.42 Å². The number of quaternary nitrogens is 1. The fourth-order valence-electron chi connectivity index (χ4n) is 10.7. The maximum Gasteiger partial charge on any atom is 0.472 e. The highest BCUT2D eigenvalue weighted by Crippen LogP contribution is 2.43. The number of hydrogen-bond donors (Lipinski definition) is 4. The zero-order chi connectivity index (χ0) is 56.4. The summed E-state index contributed by atoms with van der Waals surface area (Å²) in [6, 6.07) is -1.03. The van der Waals surface area contributed by atoms with Crippen LogP contribution in [0.3, 0.4) is 0 Å². The van der Waals surface area contributed by atoms with Gasteiger partial charge in [-0.1, -0.05) is 321 Å². The van der Waals surface area contributed by atoms with Gasteiger partial charge in [0.25, 0.3) is 0 Å². The number of nitrogens with one attached hydrogen (secondary N) is 1. The van der Waals surface area contributed by atoms with Crippen molar-refractivity contribution in [1.29, 1.82) is 0 Å². The lowest BCUT2D eigenvalue weighted by Gasteiger charge is -2.28. The molecule has 0 bridgehead atoms. The Morgan fingerprint density at radius 2 is 0.727 bits per heavy atom. The highest BCUT2D eigenvalue weighted by Gasteiger charge is 2.32. The van der Waals surface area contributed by atoms with E-state index in [0.717, 1.165) is 38.5 Å². The van der Waals surface area contributed by atoms with Crippen LogP contribution in [0.15, 0.2) is 12.2 Å². The Hall–Kier alpha value is -0.800. The molecule has 0 rings (SSSR count). The largest absolute Gasteiger partial charge is 0.472 e. The van der Waals surface area contributed by atoms with Crippen LogP contribution in [0.1, 0.15) is 354 Å². The number of phosphoric ester groups is 1. The first-order valence-electron chi connectivity index (χ1n) is 34.1. The molecule has 0 fully saturated rings. The molecular weight excluding hydrogens is 976 g/mol. The molecule has 0 spiro atoms. The molecular formula is C67H136N2O7P+. The molecule has 77 heavy (non-hydrogen) atoms. The van der Waals surface area contributed by atoms with E-state index in [1.165, 1.54) is 289 Å². The van der Waals surface area contributed by atoms with Crippen molar-refractivity contribution in [3.63, 3.8) is 0 Å². The lowest BCUT2D eigenvalue weighted by Crippen LogP contribution is -2.51. The van der Waals surface area contributed by atoms with Crippen LogP contribution in [0.25, 0.3) is 0 Å². The van der Waals surface area contributed by atoms with E-state index in [0.29, 0.717) is 23.9 Å². The molecule has 10 heteroatoms. The zero-order valence-electron chi connectivity index (χ0n) is 52.4. The average molecular weight is 1110 g/mol. The molecule has 0 aromatic heterocycles. The Morgan fingerprint density at radius 3 is 1.04 bits per heavy atom. The number of phosphoric acid groups is 1. The van der Waals surface area contributed by atoms with Gasteiger partial charge in [-0.05, 0) is 38.5 Å². The molecule has 4 atom stereocenters. The van der Waals surface area contributed by atoms with Gasteiger partial charge >= 0.3 is 7.82 Å². The van der Waals surface area contributed by atoms with Crippen LogP contribution < -0.4 is 5.32 Å². The van der Waals surface area contributed by atoms with Crippen LogP contribution in [-0.4, -0.2) is 84.6 Å². The third-order valence-electron chi connectivity index (χ3n) is 16.1. The van der Waals surface area contributed by atoms with Gasteiger partial charge < -0.3 is 24.9 Å². The molecule has 0 aliphatic carbocycles. The number of aliphatic hydroxyl groups excluding tert-OH is 2. The number of carbonyl (C=O) groups is 1. The molecule has 9 nitrogen and oxygen atoms in total. The first kappa shape index (κ1) is 76.2. The molecule has 4 unspecified atom stereocenters. The van der Waals surface area contributed by atoms with Crippen molar-refractivity contribution < 1.29 is 38.0 Å². The molecule has 0 saturated carbocycles. The monoisotopic (exact) mass is 1110 g/mol. The summed E-state index contributed by atoms with van der Waals surface area (Å²) in [5, 5.41) is 24.9. The summed E-state index contributed by atoms with van der Waals surface area (Å²) in [4.78, 5) is 23.4. The predicted molar refractivity (Wildman–Crippen MR) is 334 cm³/mol. The van der Waals surface area contributed by atoms with Crippen molar-refractivity contribution in [2.45, 2.75) is 372 Å². The quantitative estimate of drug-likeness (QED) is 0.0207. The normalized spacial score (nSPS) is 14.1. The molecule has 0 aliphatic heterocycles. The number of amides is 1. The van der Waals surface area contributed by atoms with Crippen LogP contribution in [0.5, 0.6) is 0 Å². The minimum atomic E-state index is -4.42. The Balaban J connectivity index is 3.84. The number of rotatable bonds is 64. The first-order chi connectivity index (χ1) is 37.4. The molecule has 0 aliphatic rings. The first-order valence-corrected chi connectivity index (χ1v) is 35.6. The molecule has 0 radical (unpaired) electrons. The van der Waals surface area contributed by atoms with Crippen LogP contribution in [0, 0.1) is 0 Å². The molecule has 0 saturated heterocycles. The molecule has 0 aromatic rings. The summed E-state index contributed by atoms with van der Waals surface area (Å²) in [7, 11) is 1.45. The van der Waals surface area contributed by atoms with Gasteiger partial charge in [-0.2, -0.15) is 0 Å². The molecule has 1 amide bonds. The zero-order valence-corrected chi connectivity index (χ0v) is 53.2. The number of likely N-dealkylation sites (N-methyl/N-ethyl adjacent to an activating group) is 1. The summed E-state index contributed by atoms with van der Waals surface area (Å²) in [6.45, 7) is 4.65. The third-order valence-corrected chi connectivity index (χ3v) is 17.1. The van der Waals surface area contributed by atoms with Crippen molar-refractivity contribution in [3.05, 3.63) is 12.2 Å². The summed E-state index contributed by atoms with van der Waals surface area (Å²) in [6.07, 6.45) is 70.7. The Kier molecular flexibility index (Phi) is 57.8. The van der Waals surface area contributed by atoms with E-state index >= 15 is 0 Å². The Labute approximate surface area is 480 Å². The van der Waals surface area contributed by atoms with E-state index in [9.17, 15) is 24.5 Å². The SMILES string of the molecule is CCCCCCCCCC/C=C\CCCCCCCCCCCCCCCCCCCCCCCCCCCCCCCC(=O)NC(COP(=O)(O)OCC[N+](C)(C)C)C(O)C(O)CCCCCCCCCCCCCC. The second-order valence-corrected chi connectivity index (χ2v) is 26.5. The van der Waals surface area contributed by atoms with Gasteiger partial charge in [-0.25, -0.2) is 4.57 Å². The predicted octanol–water partition coefficient (Wildman–Crippen LogP) is 20.3. The van der Waals surface area contributed by atoms with Crippen LogP contribution in [0.4, 0.5) is 0 Å². The standard InChI is InChI=1S/C67H135N2O7P/c1-6-8-10-12-14-16-18-20-21-22-23-24-25-26-27-28-29-30-31-32-33-34-35-36-37-38-39-40-41-42-43-44-45-46-47-48-50-52-54-56-58-60-66(71)68-64(63-76-77(73,74)75-62-61-69(3,4)5)67(72)65(70)59-57-55-53-51-49-19-17-15-13-11-9-7-2/h22-23,64-65,67,70,72H,6-21,24-63H2,1-5H3,(H-,68,71,73,74)/p+1/b23-22-. The summed E-state index contributed by atoms with van der Waals surface area (Å²) < 4.78 is 23.7. The van der Waals surface area contributed by atoms with E-state index in [4.69, 9.17) is 9.05 Å². The van der Waals surface area contributed by atoms with Crippen molar-refractivity contribution in [3.8, 4) is 0 Å².